The lowest BCUT2D eigenvalue weighted by Gasteiger charge is -2.21. The summed E-state index contributed by atoms with van der Waals surface area (Å²) < 4.78 is 31.6. The lowest BCUT2D eigenvalue weighted by Crippen LogP contribution is -2.26. The maximum absolute atomic E-state index is 13.0. The van der Waals surface area contributed by atoms with E-state index in [-0.39, 0.29) is 17.3 Å². The number of hydrogen-bond donors (Lipinski definition) is 2. The maximum Gasteiger partial charge on any atom is 0.310 e. The van der Waals surface area contributed by atoms with Crippen molar-refractivity contribution in [2.75, 3.05) is 10.5 Å². The van der Waals surface area contributed by atoms with Gasteiger partial charge in [-0.05, 0) is 42.8 Å². The predicted molar refractivity (Wildman–Crippen MR) is 116 cm³/mol. The largest absolute Gasteiger partial charge is 0.508 e. The number of nitrogens with zero attached hydrogens (tertiary/aromatic N) is 2. The molecule has 3 aromatic rings. The number of carbonyl (C=O) groups excluding carboxylic acids is 1. The molecule has 0 saturated carbocycles. The second-order valence-corrected chi connectivity index (χ2v) is 9.05. The molecule has 31 heavy (non-hydrogen) atoms. The van der Waals surface area contributed by atoms with Crippen LogP contribution in [0.1, 0.15) is 41.1 Å². The Labute approximate surface area is 179 Å². The van der Waals surface area contributed by atoms with Gasteiger partial charge in [-0.2, -0.15) is 5.10 Å². The fourth-order valence-corrected chi connectivity index (χ4v) is 4.04. The van der Waals surface area contributed by atoms with Crippen LogP contribution in [0, 0.1) is 0 Å². The molecular formula is C22H21N3O5S. The second-order valence-electron chi connectivity index (χ2n) is 7.04. The van der Waals surface area contributed by atoms with Gasteiger partial charge >= 0.3 is 5.91 Å². The normalized spacial score (nSPS) is 16.2. The van der Waals surface area contributed by atoms with Crippen molar-refractivity contribution in [2.24, 2.45) is 5.10 Å². The number of furan rings is 1. The molecule has 1 aromatic heterocycles. The topological polar surface area (TPSA) is 112 Å². The van der Waals surface area contributed by atoms with Crippen molar-refractivity contribution < 1.29 is 22.7 Å². The van der Waals surface area contributed by atoms with Crippen LogP contribution in [0.2, 0.25) is 0 Å². The molecule has 1 aliphatic rings. The molecule has 2 aromatic carbocycles. The van der Waals surface area contributed by atoms with Crippen molar-refractivity contribution in [2.45, 2.75) is 19.4 Å². The number of amides is 1. The van der Waals surface area contributed by atoms with Crippen LogP contribution >= 0.6 is 0 Å². The summed E-state index contributed by atoms with van der Waals surface area (Å²) in [5.74, 6) is -0.282. The molecule has 0 fully saturated rings. The highest BCUT2D eigenvalue weighted by Gasteiger charge is 2.36. The Hall–Kier alpha value is -3.59. The van der Waals surface area contributed by atoms with E-state index >= 15 is 0 Å². The van der Waals surface area contributed by atoms with Gasteiger partial charge in [-0.1, -0.05) is 30.3 Å². The third-order valence-corrected chi connectivity index (χ3v) is 6.30. The van der Waals surface area contributed by atoms with Gasteiger partial charge in [0.05, 0.1) is 23.8 Å². The lowest BCUT2D eigenvalue weighted by atomic mass is 9.97. The van der Waals surface area contributed by atoms with E-state index in [9.17, 15) is 18.3 Å². The van der Waals surface area contributed by atoms with E-state index < -0.39 is 22.0 Å². The van der Waals surface area contributed by atoms with Gasteiger partial charge < -0.3 is 9.52 Å². The Morgan fingerprint density at radius 3 is 2.71 bits per heavy atom. The van der Waals surface area contributed by atoms with Gasteiger partial charge in [0.2, 0.25) is 10.0 Å². The van der Waals surface area contributed by atoms with Crippen molar-refractivity contribution in [3.63, 3.8) is 0 Å². The smallest absolute Gasteiger partial charge is 0.310 e. The molecule has 9 heteroatoms. The fraction of sp³-hybridized carbons (Fsp3) is 0.182. The molecule has 0 spiro atoms. The monoisotopic (exact) mass is 439 g/mol. The fourth-order valence-electron chi connectivity index (χ4n) is 3.41. The highest BCUT2D eigenvalue weighted by molar-refractivity contribution is 7.92. The van der Waals surface area contributed by atoms with Gasteiger partial charge in [0.25, 0.3) is 0 Å². The number of aromatic hydroxyl groups is 1. The molecule has 2 heterocycles. The number of carbonyl (C=O) groups is 1. The Bertz CT molecular complexity index is 1240. The molecule has 0 saturated heterocycles. The Morgan fingerprint density at radius 1 is 1.19 bits per heavy atom. The number of hydrazone groups is 1. The van der Waals surface area contributed by atoms with Crippen LogP contribution in [0.15, 0.2) is 76.4 Å². The molecule has 1 aliphatic heterocycles. The molecule has 1 unspecified atom stereocenters. The standard InChI is InChI=1S/C22H21N3O5S/c1-2-31(28,29)24-16-8-5-7-15(13-16)18-14-19(17-9-3-4-10-20(17)26)25(23-18)22(27)21-11-6-12-30-21/h3-13,19,24,26H,2,14H2,1H3. The van der Waals surface area contributed by atoms with Crippen LogP contribution in [0.4, 0.5) is 5.69 Å². The van der Waals surface area contributed by atoms with Crippen molar-refractivity contribution in [1.29, 1.82) is 0 Å². The number of hydrogen-bond acceptors (Lipinski definition) is 6. The van der Waals surface area contributed by atoms with Crippen molar-refractivity contribution in [3.8, 4) is 5.75 Å². The van der Waals surface area contributed by atoms with Crippen LogP contribution in [0.5, 0.6) is 5.75 Å². The highest BCUT2D eigenvalue weighted by Crippen LogP contribution is 2.38. The van der Waals surface area contributed by atoms with Crippen LogP contribution in [-0.2, 0) is 10.0 Å². The minimum absolute atomic E-state index is 0.0427. The van der Waals surface area contributed by atoms with E-state index in [0.717, 1.165) is 0 Å². The maximum atomic E-state index is 13.0. The van der Waals surface area contributed by atoms with Gasteiger partial charge in [-0.15, -0.1) is 0 Å². The number of nitrogens with one attached hydrogen (secondary N) is 1. The van der Waals surface area contributed by atoms with E-state index in [1.165, 1.54) is 11.3 Å². The number of para-hydroxylation sites is 1. The number of rotatable bonds is 6. The SMILES string of the molecule is CCS(=O)(=O)Nc1cccc(C2=NN(C(=O)c3ccco3)C(c3ccccc3O)C2)c1. The molecule has 8 nitrogen and oxygen atoms in total. The summed E-state index contributed by atoms with van der Waals surface area (Å²) in [5.41, 5.74) is 2.23. The molecule has 0 aliphatic carbocycles. The summed E-state index contributed by atoms with van der Waals surface area (Å²) in [5, 5.41) is 16.2. The predicted octanol–water partition coefficient (Wildman–Crippen LogP) is 3.74. The van der Waals surface area contributed by atoms with E-state index in [0.29, 0.717) is 28.9 Å². The van der Waals surface area contributed by atoms with E-state index in [2.05, 4.69) is 9.82 Å². The van der Waals surface area contributed by atoms with Crippen LogP contribution < -0.4 is 4.72 Å². The van der Waals surface area contributed by atoms with Gasteiger partial charge in [0.1, 0.15) is 5.75 Å². The van der Waals surface area contributed by atoms with Crippen LogP contribution in [-0.4, -0.2) is 35.9 Å². The Morgan fingerprint density at radius 2 is 2.00 bits per heavy atom. The quantitative estimate of drug-likeness (QED) is 0.608. The number of phenols is 1. The first-order chi connectivity index (χ1) is 14.9. The molecule has 2 N–H and O–H groups in total. The Kier molecular flexibility index (Phi) is 5.51. The van der Waals surface area contributed by atoms with Crippen LogP contribution in [0.3, 0.4) is 0 Å². The van der Waals surface area contributed by atoms with Gasteiger partial charge in [-0.3, -0.25) is 9.52 Å². The molecule has 1 atom stereocenters. The van der Waals surface area contributed by atoms with E-state index in [1.807, 2.05) is 0 Å². The van der Waals surface area contributed by atoms with Crippen molar-refractivity contribution in [1.82, 2.24) is 5.01 Å². The van der Waals surface area contributed by atoms with Gasteiger partial charge in [-0.25, -0.2) is 13.4 Å². The number of anilines is 1. The molecule has 160 valence electrons. The number of phenolic OH excluding ortho intramolecular Hbond substituents is 1. The first-order valence-corrected chi connectivity index (χ1v) is 11.4. The summed E-state index contributed by atoms with van der Waals surface area (Å²) in [6.07, 6.45) is 1.75. The molecule has 0 bridgehead atoms. The first-order valence-electron chi connectivity index (χ1n) is 9.71. The van der Waals surface area contributed by atoms with Crippen LogP contribution in [0.25, 0.3) is 0 Å². The second kappa shape index (κ2) is 8.27. The van der Waals surface area contributed by atoms with Crippen molar-refractivity contribution in [3.05, 3.63) is 83.8 Å². The van der Waals surface area contributed by atoms with Gasteiger partial charge in [0.15, 0.2) is 5.76 Å². The summed E-state index contributed by atoms with van der Waals surface area (Å²) in [6, 6.07) is 16.3. The van der Waals surface area contributed by atoms with Gasteiger partial charge in [0, 0.05) is 17.7 Å². The minimum Gasteiger partial charge on any atom is -0.508 e. The zero-order valence-electron chi connectivity index (χ0n) is 16.7. The zero-order chi connectivity index (χ0) is 22.0. The summed E-state index contributed by atoms with van der Waals surface area (Å²) >= 11 is 0. The minimum atomic E-state index is -3.43. The molecular weight excluding hydrogens is 418 g/mol. The number of sulfonamides is 1. The first kappa shape index (κ1) is 20.7. The lowest BCUT2D eigenvalue weighted by molar-refractivity contribution is 0.0677. The van der Waals surface area contributed by atoms with Crippen molar-refractivity contribution >= 4 is 27.3 Å². The summed E-state index contributed by atoms with van der Waals surface area (Å²) in [7, 11) is -3.43. The highest BCUT2D eigenvalue weighted by atomic mass is 32.2. The Balaban J connectivity index is 1.71. The summed E-state index contributed by atoms with van der Waals surface area (Å²) in [4.78, 5) is 13.0. The average Bonchev–Trinajstić information content (AvgIpc) is 3.44. The zero-order valence-corrected chi connectivity index (χ0v) is 17.5. The molecule has 1 amide bonds. The average molecular weight is 439 g/mol. The molecule has 4 rings (SSSR count). The third-order valence-electron chi connectivity index (χ3n) is 5.00. The number of benzene rings is 2. The van der Waals surface area contributed by atoms with E-state index in [4.69, 9.17) is 4.42 Å². The van der Waals surface area contributed by atoms with E-state index in [1.54, 1.807) is 67.6 Å². The third kappa shape index (κ3) is 4.31. The molecule has 0 radical (unpaired) electrons. The summed E-state index contributed by atoms with van der Waals surface area (Å²) in [6.45, 7) is 1.56.